The molecule has 1 aliphatic rings. The number of aromatic nitrogens is 1. The van der Waals surface area contributed by atoms with Gasteiger partial charge in [-0.2, -0.15) is 0 Å². The molecule has 1 saturated heterocycles. The number of carbonyl (C=O) groups excluding carboxylic acids is 2. The summed E-state index contributed by atoms with van der Waals surface area (Å²) >= 11 is 1.33. The van der Waals surface area contributed by atoms with Crippen LogP contribution in [-0.2, 0) is 4.79 Å². The highest BCUT2D eigenvalue weighted by atomic mass is 32.1. The number of carbonyl (C=O) groups is 2. The summed E-state index contributed by atoms with van der Waals surface area (Å²) in [6.07, 6.45) is 1.59. The van der Waals surface area contributed by atoms with Crippen LogP contribution in [0.2, 0.25) is 0 Å². The Morgan fingerprint density at radius 2 is 2.00 bits per heavy atom. The molecule has 0 bridgehead atoms. The van der Waals surface area contributed by atoms with Crippen LogP contribution in [0.3, 0.4) is 0 Å². The molecule has 1 atom stereocenters. The lowest BCUT2D eigenvalue weighted by molar-refractivity contribution is -0.133. The van der Waals surface area contributed by atoms with Gasteiger partial charge in [0.05, 0.1) is 24.9 Å². The third-order valence-corrected chi connectivity index (χ3v) is 4.98. The second kappa shape index (κ2) is 7.00. The summed E-state index contributed by atoms with van der Waals surface area (Å²) in [5.74, 6) is 0.751. The van der Waals surface area contributed by atoms with Crippen molar-refractivity contribution in [3.8, 4) is 5.75 Å². The van der Waals surface area contributed by atoms with E-state index in [0.717, 1.165) is 11.3 Å². The van der Waals surface area contributed by atoms with Crippen molar-refractivity contribution in [1.82, 2.24) is 14.8 Å². The molecule has 0 aliphatic carbocycles. The highest BCUT2D eigenvalue weighted by molar-refractivity contribution is 7.11. The van der Waals surface area contributed by atoms with Crippen molar-refractivity contribution >= 4 is 23.2 Å². The van der Waals surface area contributed by atoms with E-state index >= 15 is 0 Å². The molecule has 1 aliphatic heterocycles. The lowest BCUT2D eigenvalue weighted by Crippen LogP contribution is -2.51. The number of rotatable bonds is 3. The predicted molar refractivity (Wildman–Crippen MR) is 91.1 cm³/mol. The average molecular weight is 345 g/mol. The summed E-state index contributed by atoms with van der Waals surface area (Å²) in [5.41, 5.74) is 2.65. The molecule has 2 heterocycles. The third kappa shape index (κ3) is 3.26. The van der Waals surface area contributed by atoms with Crippen molar-refractivity contribution in [3.63, 3.8) is 0 Å². The molecule has 1 aromatic heterocycles. The van der Waals surface area contributed by atoms with E-state index in [9.17, 15) is 9.59 Å². The minimum atomic E-state index is -0.154. The van der Waals surface area contributed by atoms with E-state index in [4.69, 9.17) is 4.74 Å². The zero-order chi connectivity index (χ0) is 17.1. The minimum Gasteiger partial charge on any atom is -0.497 e. The molecule has 0 N–H and O–H groups in total. The van der Waals surface area contributed by atoms with Gasteiger partial charge in [-0.15, -0.1) is 11.3 Å². The van der Waals surface area contributed by atoms with E-state index in [1.807, 2.05) is 29.2 Å². The lowest BCUT2D eigenvalue weighted by Gasteiger charge is -2.41. The molecular formula is C17H19N3O3S. The number of thiazole rings is 1. The van der Waals surface area contributed by atoms with E-state index < -0.39 is 0 Å². The van der Waals surface area contributed by atoms with Crippen molar-refractivity contribution in [2.45, 2.75) is 13.0 Å². The molecule has 0 saturated carbocycles. The highest BCUT2D eigenvalue weighted by Crippen LogP contribution is 2.28. The van der Waals surface area contributed by atoms with Crippen LogP contribution >= 0.6 is 11.3 Å². The van der Waals surface area contributed by atoms with Crippen molar-refractivity contribution in [3.05, 3.63) is 46.4 Å². The van der Waals surface area contributed by atoms with Crippen LogP contribution < -0.4 is 4.74 Å². The standard InChI is InChI=1S/C17H19N3O3S/c1-12(21)20-8-7-19(17(22)16-9-18-11-24-16)10-15(20)13-3-5-14(23-2)6-4-13/h3-6,9,11,15H,7-8,10H2,1-2H3/t15-/m1/s1. The maximum absolute atomic E-state index is 12.6. The Morgan fingerprint density at radius 3 is 2.58 bits per heavy atom. The summed E-state index contributed by atoms with van der Waals surface area (Å²) in [7, 11) is 1.62. The van der Waals surface area contributed by atoms with Gasteiger partial charge in [0, 0.05) is 26.6 Å². The second-order valence-corrected chi connectivity index (χ2v) is 6.50. The molecule has 0 unspecified atom stereocenters. The van der Waals surface area contributed by atoms with E-state index in [1.165, 1.54) is 11.3 Å². The number of benzene rings is 1. The number of piperazine rings is 1. The van der Waals surface area contributed by atoms with Gasteiger partial charge in [0.15, 0.2) is 0 Å². The number of methoxy groups -OCH3 is 1. The Balaban J connectivity index is 1.84. The van der Waals surface area contributed by atoms with E-state index in [-0.39, 0.29) is 17.9 Å². The molecule has 0 spiro atoms. The maximum Gasteiger partial charge on any atom is 0.265 e. The van der Waals surface area contributed by atoms with Crippen molar-refractivity contribution in [2.24, 2.45) is 0 Å². The summed E-state index contributed by atoms with van der Waals surface area (Å²) in [6.45, 7) is 3.10. The van der Waals surface area contributed by atoms with E-state index in [1.54, 1.807) is 30.6 Å². The summed E-state index contributed by atoms with van der Waals surface area (Å²) < 4.78 is 5.19. The van der Waals surface area contributed by atoms with Crippen LogP contribution in [0.4, 0.5) is 0 Å². The van der Waals surface area contributed by atoms with Crippen molar-refractivity contribution in [1.29, 1.82) is 0 Å². The Bertz CT molecular complexity index is 715. The average Bonchev–Trinajstić information content (AvgIpc) is 3.15. The van der Waals surface area contributed by atoms with Crippen LogP contribution in [0.25, 0.3) is 0 Å². The Labute approximate surface area is 144 Å². The molecule has 24 heavy (non-hydrogen) atoms. The van der Waals surface area contributed by atoms with E-state index in [2.05, 4.69) is 4.98 Å². The molecule has 3 rings (SSSR count). The van der Waals surface area contributed by atoms with Crippen LogP contribution in [0.5, 0.6) is 5.75 Å². The van der Waals surface area contributed by atoms with Crippen molar-refractivity contribution < 1.29 is 14.3 Å². The third-order valence-electron chi connectivity index (χ3n) is 4.22. The fourth-order valence-corrected chi connectivity index (χ4v) is 3.52. The normalized spacial score (nSPS) is 17.7. The zero-order valence-electron chi connectivity index (χ0n) is 13.6. The SMILES string of the molecule is COc1ccc([C@H]2CN(C(=O)c3cncs3)CCN2C(C)=O)cc1. The van der Waals surface area contributed by atoms with Gasteiger partial charge in [-0.25, -0.2) is 0 Å². The summed E-state index contributed by atoms with van der Waals surface area (Å²) in [4.78, 5) is 32.8. The fraction of sp³-hybridized carbons (Fsp3) is 0.353. The first-order valence-electron chi connectivity index (χ1n) is 7.69. The summed E-state index contributed by atoms with van der Waals surface area (Å²) in [5, 5.41) is 0. The largest absolute Gasteiger partial charge is 0.497 e. The van der Waals surface area contributed by atoms with Gasteiger partial charge < -0.3 is 14.5 Å². The van der Waals surface area contributed by atoms with Gasteiger partial charge in [-0.05, 0) is 17.7 Å². The molecule has 0 radical (unpaired) electrons. The minimum absolute atomic E-state index is 0.0145. The van der Waals surface area contributed by atoms with Crippen LogP contribution in [0.15, 0.2) is 36.0 Å². The smallest absolute Gasteiger partial charge is 0.265 e. The van der Waals surface area contributed by atoms with Crippen LogP contribution in [0, 0.1) is 0 Å². The summed E-state index contributed by atoms with van der Waals surface area (Å²) in [6, 6.07) is 7.48. The predicted octanol–water partition coefficient (Wildman–Crippen LogP) is 2.20. The monoisotopic (exact) mass is 345 g/mol. The molecule has 6 nitrogen and oxygen atoms in total. The van der Waals surface area contributed by atoms with Crippen LogP contribution in [-0.4, -0.2) is 53.3 Å². The first kappa shape index (κ1) is 16.4. The van der Waals surface area contributed by atoms with Gasteiger partial charge in [0.25, 0.3) is 5.91 Å². The number of nitrogens with zero attached hydrogens (tertiary/aromatic N) is 3. The topological polar surface area (TPSA) is 62.7 Å². The first-order valence-corrected chi connectivity index (χ1v) is 8.57. The van der Waals surface area contributed by atoms with E-state index in [0.29, 0.717) is 24.5 Å². The second-order valence-electron chi connectivity index (χ2n) is 5.62. The quantitative estimate of drug-likeness (QED) is 0.855. The molecule has 2 aromatic rings. The zero-order valence-corrected chi connectivity index (χ0v) is 14.5. The first-order chi connectivity index (χ1) is 11.6. The molecule has 1 aromatic carbocycles. The fourth-order valence-electron chi connectivity index (χ4n) is 2.93. The van der Waals surface area contributed by atoms with Gasteiger partial charge in [-0.1, -0.05) is 12.1 Å². The lowest BCUT2D eigenvalue weighted by atomic mass is 10.0. The van der Waals surface area contributed by atoms with Crippen LogP contribution in [0.1, 0.15) is 28.2 Å². The van der Waals surface area contributed by atoms with Gasteiger partial charge >= 0.3 is 0 Å². The Hall–Kier alpha value is -2.41. The molecule has 1 fully saturated rings. The molecule has 7 heteroatoms. The number of hydrogen-bond acceptors (Lipinski definition) is 5. The Kier molecular flexibility index (Phi) is 4.80. The van der Waals surface area contributed by atoms with Crippen molar-refractivity contribution in [2.75, 3.05) is 26.7 Å². The van der Waals surface area contributed by atoms with Gasteiger partial charge in [0.1, 0.15) is 10.6 Å². The molecule has 2 amide bonds. The number of hydrogen-bond donors (Lipinski definition) is 0. The van der Waals surface area contributed by atoms with Gasteiger partial charge in [0.2, 0.25) is 5.91 Å². The number of amides is 2. The van der Waals surface area contributed by atoms with Gasteiger partial charge in [-0.3, -0.25) is 14.6 Å². The number of ether oxygens (including phenoxy) is 1. The Morgan fingerprint density at radius 1 is 1.25 bits per heavy atom. The molecular weight excluding hydrogens is 326 g/mol. The highest BCUT2D eigenvalue weighted by Gasteiger charge is 2.32. The molecule has 126 valence electrons. The maximum atomic E-state index is 12.6.